The van der Waals surface area contributed by atoms with Gasteiger partial charge in [-0.15, -0.1) is 0 Å². The van der Waals surface area contributed by atoms with Gasteiger partial charge in [-0.2, -0.15) is 13.2 Å². The second-order valence-corrected chi connectivity index (χ2v) is 4.88. The highest BCUT2D eigenvalue weighted by Crippen LogP contribution is 2.23. The van der Waals surface area contributed by atoms with E-state index in [-0.39, 0.29) is 31.1 Å². The summed E-state index contributed by atoms with van der Waals surface area (Å²) >= 11 is 0. The highest BCUT2D eigenvalue weighted by Gasteiger charge is 2.38. The quantitative estimate of drug-likeness (QED) is 0.558. The second-order valence-electron chi connectivity index (χ2n) is 4.88. The molecule has 0 bridgehead atoms. The van der Waals surface area contributed by atoms with Crippen LogP contribution >= 0.6 is 0 Å². The van der Waals surface area contributed by atoms with Crippen molar-refractivity contribution in [2.75, 3.05) is 6.54 Å². The number of nitrogens with zero attached hydrogens (tertiary/aromatic N) is 2. The number of hydrogen-bond acceptors (Lipinski definition) is 4. The van der Waals surface area contributed by atoms with Gasteiger partial charge in [0.15, 0.2) is 6.10 Å². The first-order chi connectivity index (χ1) is 11.2. The van der Waals surface area contributed by atoms with Crippen molar-refractivity contribution in [3.8, 4) is 5.88 Å². The maximum absolute atomic E-state index is 12.4. The lowest BCUT2D eigenvalue weighted by molar-refractivity contribution is -0.190. The standard InChI is InChI=1S/C14H18F4N4O2/c1-9(15)4-3-5-19-13(23)20-7-11-6-12(22-8-21-11)24-10(2)14(16,17)18/h6,8,10H,1,3-5,7H2,2H3,(H2,19,20,23)/t10-/m1/s1. The molecule has 0 aliphatic rings. The molecule has 1 aromatic rings. The molecule has 1 atom stereocenters. The fourth-order valence-electron chi connectivity index (χ4n) is 1.50. The fourth-order valence-corrected chi connectivity index (χ4v) is 1.50. The SMILES string of the molecule is C=C(F)CCCNC(=O)NCc1cc(O[C@H](C)C(F)(F)F)ncn1. The number of allylic oxidation sites excluding steroid dienone is 1. The van der Waals surface area contributed by atoms with Gasteiger partial charge in [-0.1, -0.05) is 6.58 Å². The van der Waals surface area contributed by atoms with Crippen LogP contribution in [-0.4, -0.2) is 34.8 Å². The molecule has 0 aromatic carbocycles. The topological polar surface area (TPSA) is 76.1 Å². The van der Waals surface area contributed by atoms with E-state index in [1.165, 1.54) is 6.07 Å². The number of carbonyl (C=O) groups is 1. The summed E-state index contributed by atoms with van der Waals surface area (Å²) in [5.74, 6) is -0.702. The van der Waals surface area contributed by atoms with Crippen LogP contribution < -0.4 is 15.4 Å². The Morgan fingerprint density at radius 1 is 1.38 bits per heavy atom. The third-order valence-corrected chi connectivity index (χ3v) is 2.80. The summed E-state index contributed by atoms with van der Waals surface area (Å²) in [6.07, 6.45) is -4.91. The maximum atomic E-state index is 12.4. The first kappa shape index (κ1) is 19.7. The first-order valence-electron chi connectivity index (χ1n) is 7.07. The largest absolute Gasteiger partial charge is 0.465 e. The van der Waals surface area contributed by atoms with Crippen LogP contribution in [0, 0.1) is 0 Å². The Labute approximate surface area is 136 Å². The van der Waals surface area contributed by atoms with E-state index < -0.39 is 24.1 Å². The van der Waals surface area contributed by atoms with Gasteiger partial charge in [-0.25, -0.2) is 19.2 Å². The zero-order valence-corrected chi connectivity index (χ0v) is 13.0. The van der Waals surface area contributed by atoms with Crippen molar-refractivity contribution in [2.45, 2.75) is 38.6 Å². The molecule has 0 spiro atoms. The zero-order valence-electron chi connectivity index (χ0n) is 13.0. The van der Waals surface area contributed by atoms with Gasteiger partial charge in [-0.3, -0.25) is 0 Å². The molecule has 1 rings (SSSR count). The molecular weight excluding hydrogens is 332 g/mol. The van der Waals surface area contributed by atoms with Crippen LogP contribution in [0.25, 0.3) is 0 Å². The van der Waals surface area contributed by atoms with Gasteiger partial charge in [-0.05, 0) is 13.3 Å². The number of carbonyl (C=O) groups excluding carboxylic acids is 1. The molecule has 24 heavy (non-hydrogen) atoms. The van der Waals surface area contributed by atoms with E-state index in [1.807, 2.05) is 0 Å². The van der Waals surface area contributed by atoms with Crippen LogP contribution in [0.1, 0.15) is 25.5 Å². The van der Waals surface area contributed by atoms with Gasteiger partial charge in [0, 0.05) is 19.0 Å². The highest BCUT2D eigenvalue weighted by atomic mass is 19.4. The van der Waals surface area contributed by atoms with Crippen LogP contribution in [0.4, 0.5) is 22.4 Å². The highest BCUT2D eigenvalue weighted by molar-refractivity contribution is 5.73. The summed E-state index contributed by atoms with van der Waals surface area (Å²) < 4.78 is 54.3. The maximum Gasteiger partial charge on any atom is 0.425 e. The van der Waals surface area contributed by atoms with E-state index in [2.05, 4.69) is 31.9 Å². The predicted octanol–water partition coefficient (Wildman–Crippen LogP) is 2.87. The Morgan fingerprint density at radius 3 is 2.71 bits per heavy atom. The molecule has 134 valence electrons. The van der Waals surface area contributed by atoms with Gasteiger partial charge in [0.2, 0.25) is 5.88 Å². The minimum Gasteiger partial charge on any atom is -0.465 e. The molecule has 0 fully saturated rings. The summed E-state index contributed by atoms with van der Waals surface area (Å²) in [5, 5.41) is 4.96. The summed E-state index contributed by atoms with van der Waals surface area (Å²) in [6.45, 7) is 4.19. The minimum absolute atomic E-state index is 0.0269. The third-order valence-electron chi connectivity index (χ3n) is 2.80. The van der Waals surface area contributed by atoms with Crippen molar-refractivity contribution >= 4 is 6.03 Å². The number of nitrogens with one attached hydrogen (secondary N) is 2. The van der Waals surface area contributed by atoms with Crippen molar-refractivity contribution < 1.29 is 27.1 Å². The molecule has 0 saturated carbocycles. The number of halogens is 4. The number of amides is 2. The molecule has 0 aliphatic heterocycles. The number of rotatable bonds is 8. The lowest BCUT2D eigenvalue weighted by atomic mass is 10.3. The van der Waals surface area contributed by atoms with E-state index in [4.69, 9.17) is 0 Å². The molecule has 1 aromatic heterocycles. The monoisotopic (exact) mass is 350 g/mol. The lowest BCUT2D eigenvalue weighted by Gasteiger charge is -2.17. The summed E-state index contributed by atoms with van der Waals surface area (Å²) in [5.41, 5.74) is 0.279. The normalized spacial score (nSPS) is 12.4. The molecular formula is C14H18F4N4O2. The van der Waals surface area contributed by atoms with Gasteiger partial charge < -0.3 is 15.4 Å². The molecule has 10 heteroatoms. The zero-order chi connectivity index (χ0) is 18.2. The van der Waals surface area contributed by atoms with E-state index in [9.17, 15) is 22.4 Å². The van der Waals surface area contributed by atoms with Crippen molar-refractivity contribution in [2.24, 2.45) is 0 Å². The molecule has 2 amide bonds. The Morgan fingerprint density at radius 2 is 2.08 bits per heavy atom. The van der Waals surface area contributed by atoms with E-state index in [0.29, 0.717) is 6.42 Å². The molecule has 0 saturated heterocycles. The van der Waals surface area contributed by atoms with Crippen molar-refractivity contribution in [3.63, 3.8) is 0 Å². The van der Waals surface area contributed by atoms with E-state index in [1.54, 1.807) is 0 Å². The molecule has 6 nitrogen and oxygen atoms in total. The average molecular weight is 350 g/mol. The first-order valence-corrected chi connectivity index (χ1v) is 7.07. The molecule has 0 radical (unpaired) electrons. The Balaban J connectivity index is 2.42. The van der Waals surface area contributed by atoms with Crippen molar-refractivity contribution in [1.82, 2.24) is 20.6 Å². The predicted molar refractivity (Wildman–Crippen MR) is 77.9 cm³/mol. The molecule has 0 aliphatic carbocycles. The van der Waals surface area contributed by atoms with Crippen LogP contribution in [0.2, 0.25) is 0 Å². The van der Waals surface area contributed by atoms with Crippen LogP contribution in [-0.2, 0) is 6.54 Å². The minimum atomic E-state index is -4.51. The van der Waals surface area contributed by atoms with E-state index >= 15 is 0 Å². The Bertz CT molecular complexity index is 566. The Hall–Kier alpha value is -2.39. The summed E-state index contributed by atoms with van der Waals surface area (Å²) in [7, 11) is 0. The van der Waals surface area contributed by atoms with Gasteiger partial charge >= 0.3 is 12.2 Å². The average Bonchev–Trinajstić information content (AvgIpc) is 2.49. The van der Waals surface area contributed by atoms with Crippen LogP contribution in [0.15, 0.2) is 24.8 Å². The molecule has 2 N–H and O–H groups in total. The van der Waals surface area contributed by atoms with Gasteiger partial charge in [0.25, 0.3) is 0 Å². The fraction of sp³-hybridized carbons (Fsp3) is 0.500. The Kier molecular flexibility index (Phi) is 7.40. The number of urea groups is 1. The third kappa shape index (κ3) is 7.75. The number of ether oxygens (including phenoxy) is 1. The van der Waals surface area contributed by atoms with Gasteiger partial charge in [0.1, 0.15) is 6.33 Å². The van der Waals surface area contributed by atoms with Crippen LogP contribution in [0.3, 0.4) is 0 Å². The molecule has 0 unspecified atom stereocenters. The molecule has 1 heterocycles. The van der Waals surface area contributed by atoms with Gasteiger partial charge in [0.05, 0.1) is 18.1 Å². The summed E-state index contributed by atoms with van der Waals surface area (Å²) in [4.78, 5) is 18.9. The van der Waals surface area contributed by atoms with E-state index in [0.717, 1.165) is 13.3 Å². The smallest absolute Gasteiger partial charge is 0.425 e. The van der Waals surface area contributed by atoms with Crippen LogP contribution in [0.5, 0.6) is 5.88 Å². The lowest BCUT2D eigenvalue weighted by Crippen LogP contribution is -2.35. The second kappa shape index (κ2) is 9.04. The number of alkyl halides is 3. The van der Waals surface area contributed by atoms with Crippen molar-refractivity contribution in [3.05, 3.63) is 30.5 Å². The number of hydrogen-bond donors (Lipinski definition) is 2. The number of aromatic nitrogens is 2. The summed E-state index contributed by atoms with van der Waals surface area (Å²) in [6, 6.07) is 0.694. The van der Waals surface area contributed by atoms with Crippen molar-refractivity contribution in [1.29, 1.82) is 0 Å².